The van der Waals surface area contributed by atoms with Crippen LogP contribution >= 0.6 is 0 Å². The van der Waals surface area contributed by atoms with Crippen molar-refractivity contribution >= 4 is 0 Å². The summed E-state index contributed by atoms with van der Waals surface area (Å²) in [6.07, 6.45) is 4.09. The third-order valence-electron chi connectivity index (χ3n) is 3.90. The number of nitrogens with zero attached hydrogens (tertiary/aromatic N) is 1. The Morgan fingerprint density at radius 1 is 1.12 bits per heavy atom. The highest BCUT2D eigenvalue weighted by Gasteiger charge is 2.26. The molecule has 0 unspecified atom stereocenters. The van der Waals surface area contributed by atoms with Gasteiger partial charge in [-0.2, -0.15) is 0 Å². The fraction of sp³-hybridized carbons (Fsp3) is 0.600. The number of hydrogen-bond acceptors (Lipinski definition) is 2. The number of hydrogen-bond donors (Lipinski definition) is 1. The van der Waals surface area contributed by atoms with Crippen LogP contribution in [0.5, 0.6) is 0 Å². The van der Waals surface area contributed by atoms with Gasteiger partial charge in [0.2, 0.25) is 0 Å². The minimum Gasteiger partial charge on any atom is -0.315 e. The van der Waals surface area contributed by atoms with E-state index >= 15 is 0 Å². The first-order valence-corrected chi connectivity index (χ1v) is 6.94. The molecule has 0 bridgehead atoms. The lowest BCUT2D eigenvalue weighted by atomic mass is 10.0. The van der Waals surface area contributed by atoms with Gasteiger partial charge in [-0.25, -0.2) is 0 Å². The van der Waals surface area contributed by atoms with E-state index in [9.17, 15) is 0 Å². The fourth-order valence-electron chi connectivity index (χ4n) is 2.77. The van der Waals surface area contributed by atoms with Crippen molar-refractivity contribution in [2.24, 2.45) is 0 Å². The number of rotatable bonds is 3. The van der Waals surface area contributed by atoms with Crippen LogP contribution in [0.3, 0.4) is 0 Å². The Hall–Kier alpha value is -0.860. The SMILES string of the molecule is c1ccc(C2CC2)c(CN2CCCNCC2)c1. The monoisotopic (exact) mass is 230 g/mol. The van der Waals surface area contributed by atoms with E-state index in [1.165, 1.54) is 38.9 Å². The molecule has 1 N–H and O–H groups in total. The van der Waals surface area contributed by atoms with E-state index in [-0.39, 0.29) is 0 Å². The minimum absolute atomic E-state index is 0.872. The molecule has 1 aliphatic carbocycles. The summed E-state index contributed by atoms with van der Waals surface area (Å²) in [7, 11) is 0. The molecule has 2 fully saturated rings. The molecule has 1 saturated carbocycles. The standard InChI is InChI=1S/C15H22N2/c1-2-5-15(13-6-7-13)14(4-1)12-17-10-3-8-16-9-11-17/h1-2,4-5,13,16H,3,6-12H2. The molecular formula is C15H22N2. The molecule has 1 aromatic carbocycles. The molecule has 0 amide bonds. The highest BCUT2D eigenvalue weighted by Crippen LogP contribution is 2.41. The molecule has 92 valence electrons. The molecule has 3 rings (SSSR count). The maximum Gasteiger partial charge on any atom is 0.0237 e. The predicted octanol–water partition coefficient (Wildman–Crippen LogP) is 2.36. The maximum absolute atomic E-state index is 3.47. The zero-order chi connectivity index (χ0) is 11.5. The van der Waals surface area contributed by atoms with Crippen molar-refractivity contribution in [2.75, 3.05) is 26.2 Å². The second-order valence-corrected chi connectivity index (χ2v) is 5.35. The van der Waals surface area contributed by atoms with Crippen LogP contribution in [-0.2, 0) is 6.54 Å². The molecular weight excluding hydrogens is 208 g/mol. The molecule has 2 nitrogen and oxygen atoms in total. The van der Waals surface area contributed by atoms with E-state index in [2.05, 4.69) is 34.5 Å². The highest BCUT2D eigenvalue weighted by molar-refractivity contribution is 5.33. The van der Waals surface area contributed by atoms with Crippen LogP contribution in [0.4, 0.5) is 0 Å². The summed E-state index contributed by atoms with van der Waals surface area (Å²) in [4.78, 5) is 2.60. The van der Waals surface area contributed by atoms with Crippen LogP contribution in [0.1, 0.15) is 36.3 Å². The van der Waals surface area contributed by atoms with Crippen LogP contribution < -0.4 is 5.32 Å². The smallest absolute Gasteiger partial charge is 0.0237 e. The Bertz CT molecular complexity index is 363. The summed E-state index contributed by atoms with van der Waals surface area (Å²) >= 11 is 0. The van der Waals surface area contributed by atoms with Gasteiger partial charge in [0.05, 0.1) is 0 Å². The molecule has 2 heteroatoms. The lowest BCUT2D eigenvalue weighted by Gasteiger charge is -2.21. The van der Waals surface area contributed by atoms with Gasteiger partial charge >= 0.3 is 0 Å². The average Bonchev–Trinajstić information content (AvgIpc) is 3.17. The normalized spacial score (nSPS) is 22.4. The second-order valence-electron chi connectivity index (χ2n) is 5.35. The highest BCUT2D eigenvalue weighted by atomic mass is 15.1. The van der Waals surface area contributed by atoms with Crippen LogP contribution in [0.25, 0.3) is 0 Å². The van der Waals surface area contributed by atoms with Gasteiger partial charge in [-0.1, -0.05) is 24.3 Å². The Kier molecular flexibility index (Phi) is 3.44. The maximum atomic E-state index is 3.47. The Balaban J connectivity index is 1.70. The van der Waals surface area contributed by atoms with Gasteiger partial charge in [-0.05, 0) is 49.4 Å². The van der Waals surface area contributed by atoms with Gasteiger partial charge in [0.1, 0.15) is 0 Å². The van der Waals surface area contributed by atoms with E-state index in [4.69, 9.17) is 0 Å². The summed E-state index contributed by atoms with van der Waals surface area (Å²) < 4.78 is 0. The predicted molar refractivity (Wildman–Crippen MR) is 71.2 cm³/mol. The largest absolute Gasteiger partial charge is 0.315 e. The van der Waals surface area contributed by atoms with Crippen molar-refractivity contribution in [1.82, 2.24) is 10.2 Å². The molecule has 2 aliphatic rings. The fourth-order valence-corrected chi connectivity index (χ4v) is 2.77. The van der Waals surface area contributed by atoms with Crippen molar-refractivity contribution < 1.29 is 0 Å². The van der Waals surface area contributed by atoms with Crippen LogP contribution in [0.2, 0.25) is 0 Å². The molecule has 1 aromatic rings. The van der Waals surface area contributed by atoms with Gasteiger partial charge < -0.3 is 5.32 Å². The summed E-state index contributed by atoms with van der Waals surface area (Å²) in [6.45, 7) is 5.91. The molecule has 0 aromatic heterocycles. The summed E-state index contributed by atoms with van der Waals surface area (Å²) in [5.74, 6) is 0.872. The number of benzene rings is 1. The third-order valence-corrected chi connectivity index (χ3v) is 3.90. The molecule has 1 aliphatic heterocycles. The van der Waals surface area contributed by atoms with Crippen molar-refractivity contribution in [1.29, 1.82) is 0 Å². The van der Waals surface area contributed by atoms with Crippen LogP contribution in [-0.4, -0.2) is 31.1 Å². The third kappa shape index (κ3) is 2.88. The minimum atomic E-state index is 0.872. The average molecular weight is 230 g/mol. The first kappa shape index (κ1) is 11.2. The Morgan fingerprint density at radius 2 is 2.00 bits per heavy atom. The van der Waals surface area contributed by atoms with Gasteiger partial charge in [-0.15, -0.1) is 0 Å². The van der Waals surface area contributed by atoms with Crippen molar-refractivity contribution in [2.45, 2.75) is 31.7 Å². The van der Waals surface area contributed by atoms with Crippen molar-refractivity contribution in [3.05, 3.63) is 35.4 Å². The summed E-state index contributed by atoms with van der Waals surface area (Å²) in [5.41, 5.74) is 3.18. The zero-order valence-electron chi connectivity index (χ0n) is 10.5. The first-order valence-electron chi connectivity index (χ1n) is 6.94. The summed E-state index contributed by atoms with van der Waals surface area (Å²) in [6, 6.07) is 9.05. The van der Waals surface area contributed by atoms with E-state index in [1.807, 2.05) is 0 Å². The van der Waals surface area contributed by atoms with E-state index in [0.717, 1.165) is 19.0 Å². The molecule has 1 saturated heterocycles. The molecule has 0 spiro atoms. The molecule has 17 heavy (non-hydrogen) atoms. The van der Waals surface area contributed by atoms with Crippen LogP contribution in [0, 0.1) is 0 Å². The molecule has 0 atom stereocenters. The van der Waals surface area contributed by atoms with Gasteiger partial charge in [0.25, 0.3) is 0 Å². The lowest BCUT2D eigenvalue weighted by molar-refractivity contribution is 0.283. The van der Waals surface area contributed by atoms with Crippen LogP contribution in [0.15, 0.2) is 24.3 Å². The topological polar surface area (TPSA) is 15.3 Å². The van der Waals surface area contributed by atoms with Gasteiger partial charge in [0.15, 0.2) is 0 Å². The summed E-state index contributed by atoms with van der Waals surface area (Å²) in [5, 5.41) is 3.47. The van der Waals surface area contributed by atoms with Gasteiger partial charge in [-0.3, -0.25) is 4.90 Å². The quantitative estimate of drug-likeness (QED) is 0.857. The molecule has 0 radical (unpaired) electrons. The van der Waals surface area contributed by atoms with Gasteiger partial charge in [0, 0.05) is 19.6 Å². The second kappa shape index (κ2) is 5.19. The zero-order valence-corrected chi connectivity index (χ0v) is 10.5. The van der Waals surface area contributed by atoms with Crippen molar-refractivity contribution in [3.63, 3.8) is 0 Å². The van der Waals surface area contributed by atoms with E-state index in [0.29, 0.717) is 0 Å². The lowest BCUT2D eigenvalue weighted by Crippen LogP contribution is -2.28. The van der Waals surface area contributed by atoms with E-state index in [1.54, 1.807) is 11.1 Å². The van der Waals surface area contributed by atoms with E-state index < -0.39 is 0 Å². The van der Waals surface area contributed by atoms with Crippen molar-refractivity contribution in [3.8, 4) is 0 Å². The Morgan fingerprint density at radius 3 is 2.88 bits per heavy atom. The number of nitrogens with one attached hydrogen (secondary N) is 1. The first-order chi connectivity index (χ1) is 8.43. The Labute approximate surface area is 104 Å². The molecule has 1 heterocycles.